The van der Waals surface area contributed by atoms with Crippen molar-refractivity contribution in [1.29, 1.82) is 0 Å². The van der Waals surface area contributed by atoms with E-state index < -0.39 is 0 Å². The first-order valence-corrected chi connectivity index (χ1v) is 9.07. The Morgan fingerprint density at radius 2 is 1.74 bits per heavy atom. The van der Waals surface area contributed by atoms with Crippen LogP contribution in [0.2, 0.25) is 0 Å². The van der Waals surface area contributed by atoms with Crippen LogP contribution in [0.15, 0.2) is 61.1 Å². The lowest BCUT2D eigenvalue weighted by atomic mass is 10.2. The molecule has 3 rings (SSSR count). The smallest absolute Gasteiger partial charge is 0.227 e. The number of anilines is 3. The topological polar surface area (TPSA) is 63.2 Å². The van der Waals surface area contributed by atoms with Gasteiger partial charge in [-0.15, -0.1) is 0 Å². The molecule has 0 unspecified atom stereocenters. The maximum absolute atomic E-state index is 5.67. The van der Waals surface area contributed by atoms with Crippen molar-refractivity contribution >= 4 is 17.5 Å². The summed E-state index contributed by atoms with van der Waals surface area (Å²) in [5, 5.41) is 3.31. The fourth-order valence-corrected chi connectivity index (χ4v) is 2.59. The van der Waals surface area contributed by atoms with Crippen molar-refractivity contribution < 1.29 is 4.74 Å². The number of rotatable bonds is 8. The molecule has 0 aliphatic carbocycles. The molecule has 0 fully saturated rings. The summed E-state index contributed by atoms with van der Waals surface area (Å²) in [6, 6.07) is 13.8. The van der Waals surface area contributed by atoms with E-state index in [1.54, 1.807) is 6.20 Å². The Morgan fingerprint density at radius 1 is 1.00 bits per heavy atom. The molecule has 6 heteroatoms. The van der Waals surface area contributed by atoms with Crippen LogP contribution in [0.25, 0.3) is 0 Å². The average Bonchev–Trinajstić information content (AvgIpc) is 2.68. The highest BCUT2D eigenvalue weighted by molar-refractivity contribution is 5.58. The van der Waals surface area contributed by atoms with Gasteiger partial charge in [-0.2, -0.15) is 4.98 Å². The van der Waals surface area contributed by atoms with Crippen LogP contribution >= 0.6 is 0 Å². The first-order valence-electron chi connectivity index (χ1n) is 9.07. The van der Waals surface area contributed by atoms with E-state index in [9.17, 15) is 0 Å². The number of benzene rings is 1. The van der Waals surface area contributed by atoms with Gasteiger partial charge in [0, 0.05) is 37.9 Å². The molecule has 2 heterocycles. The predicted molar refractivity (Wildman–Crippen MR) is 109 cm³/mol. The third-order valence-corrected chi connectivity index (χ3v) is 3.97. The largest absolute Gasteiger partial charge is 0.491 e. The van der Waals surface area contributed by atoms with Crippen molar-refractivity contribution in [3.8, 4) is 5.75 Å². The Hall–Kier alpha value is -3.15. The fraction of sp³-hybridized carbons (Fsp3) is 0.286. The van der Waals surface area contributed by atoms with Crippen LogP contribution in [0.3, 0.4) is 0 Å². The second-order valence-electron chi connectivity index (χ2n) is 6.58. The molecule has 0 atom stereocenters. The SMILES string of the molecule is CC(C)Oc1ccc(Nc2ccnc(N(C)CCc3ccncc3)n2)cc1. The van der Waals surface area contributed by atoms with Crippen molar-refractivity contribution in [2.75, 3.05) is 23.8 Å². The van der Waals surface area contributed by atoms with Gasteiger partial charge in [0.15, 0.2) is 0 Å². The zero-order valence-corrected chi connectivity index (χ0v) is 16.0. The summed E-state index contributed by atoms with van der Waals surface area (Å²) in [4.78, 5) is 15.1. The van der Waals surface area contributed by atoms with Gasteiger partial charge >= 0.3 is 0 Å². The minimum atomic E-state index is 0.163. The van der Waals surface area contributed by atoms with Crippen molar-refractivity contribution in [2.24, 2.45) is 0 Å². The number of likely N-dealkylation sites (N-methyl/N-ethyl adjacent to an activating group) is 1. The molecule has 140 valence electrons. The number of nitrogens with one attached hydrogen (secondary N) is 1. The van der Waals surface area contributed by atoms with E-state index >= 15 is 0 Å². The molecule has 1 N–H and O–H groups in total. The maximum Gasteiger partial charge on any atom is 0.227 e. The third kappa shape index (κ3) is 5.67. The molecule has 0 spiro atoms. The molecule has 6 nitrogen and oxygen atoms in total. The van der Waals surface area contributed by atoms with Crippen LogP contribution in [0.5, 0.6) is 5.75 Å². The molecule has 0 bridgehead atoms. The summed E-state index contributed by atoms with van der Waals surface area (Å²) in [5.41, 5.74) is 2.20. The second kappa shape index (κ2) is 8.98. The highest BCUT2D eigenvalue weighted by Gasteiger charge is 2.06. The van der Waals surface area contributed by atoms with Gasteiger partial charge in [0.25, 0.3) is 0 Å². The summed E-state index contributed by atoms with van der Waals surface area (Å²) in [7, 11) is 2.00. The molecule has 1 aromatic carbocycles. The minimum Gasteiger partial charge on any atom is -0.491 e. The third-order valence-electron chi connectivity index (χ3n) is 3.97. The van der Waals surface area contributed by atoms with E-state index in [0.717, 1.165) is 30.2 Å². The number of pyridine rings is 1. The zero-order chi connectivity index (χ0) is 19.1. The first kappa shape index (κ1) is 18.6. The van der Waals surface area contributed by atoms with Crippen molar-refractivity contribution in [2.45, 2.75) is 26.4 Å². The molecule has 0 saturated heterocycles. The molecular formula is C21H25N5O. The summed E-state index contributed by atoms with van der Waals surface area (Å²) in [5.74, 6) is 2.30. The van der Waals surface area contributed by atoms with E-state index in [2.05, 4.69) is 20.3 Å². The Kier molecular flexibility index (Phi) is 6.20. The van der Waals surface area contributed by atoms with E-state index in [4.69, 9.17) is 4.74 Å². The van der Waals surface area contributed by atoms with Gasteiger partial charge in [0.05, 0.1) is 6.10 Å². The van der Waals surface area contributed by atoms with Gasteiger partial charge in [0.2, 0.25) is 5.95 Å². The summed E-state index contributed by atoms with van der Waals surface area (Å²) in [6.07, 6.45) is 6.47. The lowest BCUT2D eigenvalue weighted by Crippen LogP contribution is -2.22. The summed E-state index contributed by atoms with van der Waals surface area (Å²) in [6.45, 7) is 4.86. The Bertz CT molecular complexity index is 837. The monoisotopic (exact) mass is 363 g/mol. The lowest BCUT2D eigenvalue weighted by molar-refractivity contribution is 0.242. The van der Waals surface area contributed by atoms with Gasteiger partial charge in [-0.3, -0.25) is 4.98 Å². The van der Waals surface area contributed by atoms with Crippen LogP contribution < -0.4 is 15.0 Å². The highest BCUT2D eigenvalue weighted by atomic mass is 16.5. The second-order valence-corrected chi connectivity index (χ2v) is 6.58. The summed E-state index contributed by atoms with van der Waals surface area (Å²) >= 11 is 0. The van der Waals surface area contributed by atoms with Gasteiger partial charge in [-0.05, 0) is 68.3 Å². The maximum atomic E-state index is 5.67. The molecule has 2 aromatic heterocycles. The number of aromatic nitrogens is 3. The van der Waals surface area contributed by atoms with E-state index in [1.165, 1.54) is 5.56 Å². The molecular weight excluding hydrogens is 338 g/mol. The Balaban J connectivity index is 1.61. The van der Waals surface area contributed by atoms with Crippen molar-refractivity contribution in [3.63, 3.8) is 0 Å². The fourth-order valence-electron chi connectivity index (χ4n) is 2.59. The Labute approximate surface area is 160 Å². The van der Waals surface area contributed by atoms with Gasteiger partial charge < -0.3 is 15.0 Å². The van der Waals surface area contributed by atoms with Crippen LogP contribution in [-0.2, 0) is 6.42 Å². The molecule has 27 heavy (non-hydrogen) atoms. The Morgan fingerprint density at radius 3 is 2.44 bits per heavy atom. The van der Waals surface area contributed by atoms with Crippen molar-refractivity contribution in [3.05, 3.63) is 66.6 Å². The van der Waals surface area contributed by atoms with Crippen LogP contribution in [0, 0.1) is 0 Å². The highest BCUT2D eigenvalue weighted by Crippen LogP contribution is 2.20. The molecule has 0 aliphatic heterocycles. The van der Waals surface area contributed by atoms with Gasteiger partial charge in [-0.25, -0.2) is 4.98 Å². The molecule has 0 radical (unpaired) electrons. The standard InChI is InChI=1S/C21H25N5O/c1-16(2)27-19-6-4-18(5-7-19)24-20-10-14-23-21(25-20)26(3)15-11-17-8-12-22-13-9-17/h4-10,12-14,16H,11,15H2,1-3H3,(H,23,24,25). The zero-order valence-electron chi connectivity index (χ0n) is 16.0. The van der Waals surface area contributed by atoms with E-state index in [1.807, 2.05) is 80.7 Å². The normalized spacial score (nSPS) is 10.7. The molecule has 0 amide bonds. The predicted octanol–water partition coefficient (Wildman–Crippen LogP) is 4.08. The first-order chi connectivity index (χ1) is 13.1. The van der Waals surface area contributed by atoms with Crippen LogP contribution in [0.4, 0.5) is 17.5 Å². The van der Waals surface area contributed by atoms with Crippen LogP contribution in [-0.4, -0.2) is 34.6 Å². The molecule has 0 aliphatic rings. The number of hydrogen-bond acceptors (Lipinski definition) is 6. The number of ether oxygens (including phenoxy) is 1. The molecule has 3 aromatic rings. The van der Waals surface area contributed by atoms with Gasteiger partial charge in [0.1, 0.15) is 11.6 Å². The summed E-state index contributed by atoms with van der Waals surface area (Å²) < 4.78 is 5.67. The number of nitrogens with zero attached hydrogens (tertiary/aromatic N) is 4. The lowest BCUT2D eigenvalue weighted by Gasteiger charge is -2.17. The molecule has 0 saturated carbocycles. The number of hydrogen-bond donors (Lipinski definition) is 1. The van der Waals surface area contributed by atoms with E-state index in [0.29, 0.717) is 5.95 Å². The van der Waals surface area contributed by atoms with E-state index in [-0.39, 0.29) is 6.10 Å². The van der Waals surface area contributed by atoms with Gasteiger partial charge in [-0.1, -0.05) is 0 Å². The average molecular weight is 363 g/mol. The van der Waals surface area contributed by atoms with Crippen LogP contribution in [0.1, 0.15) is 19.4 Å². The minimum absolute atomic E-state index is 0.163. The quantitative estimate of drug-likeness (QED) is 0.651. The van der Waals surface area contributed by atoms with Crippen molar-refractivity contribution in [1.82, 2.24) is 15.0 Å².